The van der Waals surface area contributed by atoms with Crippen LogP contribution in [0.3, 0.4) is 0 Å². The van der Waals surface area contributed by atoms with Gasteiger partial charge in [-0.2, -0.15) is 0 Å². The molecule has 3 unspecified atom stereocenters. The van der Waals surface area contributed by atoms with E-state index in [4.69, 9.17) is 4.42 Å². The van der Waals surface area contributed by atoms with E-state index in [2.05, 4.69) is 163 Å². The number of hydrogen-bond donors (Lipinski definition) is 0. The van der Waals surface area contributed by atoms with Crippen LogP contribution in [-0.4, -0.2) is 0 Å². The second kappa shape index (κ2) is 11.9. The molecule has 2 heteroatoms. The van der Waals surface area contributed by atoms with Crippen LogP contribution in [0.4, 0.5) is 5.69 Å². The molecule has 0 spiro atoms. The van der Waals surface area contributed by atoms with E-state index in [1.54, 1.807) is 5.57 Å². The molecule has 52 heavy (non-hydrogen) atoms. The molecule has 0 radical (unpaired) electrons. The number of furan rings is 1. The number of nitrogens with zero attached hydrogens (tertiary/aromatic N) is 1. The summed E-state index contributed by atoms with van der Waals surface area (Å²) in [5, 5.41) is 2.54. The Morgan fingerprint density at radius 2 is 1.46 bits per heavy atom. The van der Waals surface area contributed by atoms with E-state index in [1.165, 1.54) is 72.2 Å². The van der Waals surface area contributed by atoms with Crippen molar-refractivity contribution < 1.29 is 4.42 Å². The standard InChI is InChI=1S/C50H39NO/c1-3-11-32(12-4-1)34-21-25-38(26-22-34)51(39-27-23-35(24-28-39)33-13-5-2-6-14-33)46-19-10-20-47-49(46)45-31-43(41-18-9-16-36-15-7-8-17-40(36)41)44-30-37-29-42(37)48(44)50(45)52-47/h1-9,11-18,20-23,25-27,30-31,36,40,42H,10,19,24,28-29H2. The van der Waals surface area contributed by atoms with Crippen LogP contribution in [0.5, 0.6) is 0 Å². The number of rotatable bonds is 6. The fourth-order valence-electron chi connectivity index (χ4n) is 9.39. The van der Waals surface area contributed by atoms with Crippen molar-refractivity contribution in [2.24, 2.45) is 11.8 Å². The molecule has 3 atom stereocenters. The number of hydrogen-bond acceptors (Lipinski definition) is 2. The molecule has 0 aliphatic heterocycles. The maximum Gasteiger partial charge on any atom is 0.139 e. The van der Waals surface area contributed by atoms with E-state index < -0.39 is 0 Å². The van der Waals surface area contributed by atoms with Crippen molar-refractivity contribution in [1.82, 2.24) is 0 Å². The predicted octanol–water partition coefficient (Wildman–Crippen LogP) is 11.2. The first kappa shape index (κ1) is 29.8. The van der Waals surface area contributed by atoms with Crippen molar-refractivity contribution >= 4 is 45.7 Å². The number of allylic oxidation sites excluding steroid dienone is 13. The van der Waals surface area contributed by atoms with Crippen LogP contribution in [0.2, 0.25) is 0 Å². The van der Waals surface area contributed by atoms with Gasteiger partial charge < -0.3 is 9.32 Å². The second-order valence-electron chi connectivity index (χ2n) is 15.0. The largest absolute Gasteiger partial charge is 0.456 e. The first-order valence-corrected chi connectivity index (χ1v) is 19.0. The van der Waals surface area contributed by atoms with Crippen molar-refractivity contribution in [3.05, 3.63) is 190 Å². The summed E-state index contributed by atoms with van der Waals surface area (Å²) < 4.78 is 7.01. The SMILES string of the molecule is C1=CC2C=CC=C(c3cc4c5c(oc4c4c3C=C3CC34)=CCCC=5N(C3=CC=C(c4ccccc4)CC3)c3ccc(-c4ccccc4)cc3)C2C=C1. The van der Waals surface area contributed by atoms with E-state index in [0.29, 0.717) is 17.8 Å². The first-order chi connectivity index (χ1) is 25.8. The topological polar surface area (TPSA) is 16.4 Å². The van der Waals surface area contributed by atoms with Crippen LogP contribution < -0.4 is 15.5 Å². The van der Waals surface area contributed by atoms with Crippen molar-refractivity contribution in [3.8, 4) is 11.1 Å². The van der Waals surface area contributed by atoms with Crippen molar-refractivity contribution in [3.63, 3.8) is 0 Å². The van der Waals surface area contributed by atoms with Crippen LogP contribution in [0.1, 0.15) is 60.3 Å². The minimum atomic E-state index is 0.349. The quantitative estimate of drug-likeness (QED) is 0.179. The molecule has 0 saturated heterocycles. The maximum atomic E-state index is 7.01. The molecule has 250 valence electrons. The number of fused-ring (bicyclic) bond motifs is 8. The van der Waals surface area contributed by atoms with E-state index in [0.717, 1.165) is 43.1 Å². The highest BCUT2D eigenvalue weighted by atomic mass is 16.3. The Hall–Kier alpha value is -5.86. The summed E-state index contributed by atoms with van der Waals surface area (Å²) in [4.78, 5) is 2.58. The van der Waals surface area contributed by atoms with Gasteiger partial charge in [0.05, 0.1) is 0 Å². The number of anilines is 1. The van der Waals surface area contributed by atoms with Gasteiger partial charge in [-0.25, -0.2) is 0 Å². The third-order valence-electron chi connectivity index (χ3n) is 12.0. The van der Waals surface area contributed by atoms with Gasteiger partial charge in [0.15, 0.2) is 0 Å². The lowest BCUT2D eigenvalue weighted by molar-refractivity contribution is 0.567. The van der Waals surface area contributed by atoms with E-state index in [1.807, 2.05) is 0 Å². The first-order valence-electron chi connectivity index (χ1n) is 19.0. The van der Waals surface area contributed by atoms with Gasteiger partial charge >= 0.3 is 0 Å². The van der Waals surface area contributed by atoms with Gasteiger partial charge in [0.1, 0.15) is 11.0 Å². The molecule has 6 aliphatic carbocycles. The molecule has 1 aromatic heterocycles. The molecule has 0 amide bonds. The van der Waals surface area contributed by atoms with Gasteiger partial charge in [0.2, 0.25) is 0 Å². The molecule has 4 aromatic carbocycles. The smallest absolute Gasteiger partial charge is 0.139 e. The van der Waals surface area contributed by atoms with Gasteiger partial charge in [0, 0.05) is 51.0 Å². The molecule has 1 saturated carbocycles. The average Bonchev–Trinajstić information content (AvgIpc) is 3.71. The summed E-state index contributed by atoms with van der Waals surface area (Å²) in [5.41, 5.74) is 18.3. The summed E-state index contributed by atoms with van der Waals surface area (Å²) >= 11 is 0. The van der Waals surface area contributed by atoms with E-state index in [9.17, 15) is 0 Å². The number of benzene rings is 4. The minimum absolute atomic E-state index is 0.349. The van der Waals surface area contributed by atoms with Crippen molar-refractivity contribution in [2.75, 3.05) is 4.90 Å². The summed E-state index contributed by atoms with van der Waals surface area (Å²) in [6, 6.07) is 33.2. The van der Waals surface area contributed by atoms with Gasteiger partial charge in [-0.05, 0) is 101 Å². The highest BCUT2D eigenvalue weighted by molar-refractivity contribution is 5.99. The van der Waals surface area contributed by atoms with E-state index in [-0.39, 0.29) is 0 Å². The maximum absolute atomic E-state index is 7.01. The minimum Gasteiger partial charge on any atom is -0.456 e. The molecule has 11 rings (SSSR count). The van der Waals surface area contributed by atoms with Crippen LogP contribution in [-0.2, 0) is 0 Å². The van der Waals surface area contributed by atoms with Crippen molar-refractivity contribution in [2.45, 2.75) is 38.0 Å². The molecule has 2 nitrogen and oxygen atoms in total. The lowest BCUT2D eigenvalue weighted by atomic mass is 9.75. The zero-order chi connectivity index (χ0) is 34.2. The molecule has 1 fully saturated rings. The van der Waals surface area contributed by atoms with Gasteiger partial charge in [-0.3, -0.25) is 0 Å². The Kier molecular flexibility index (Phi) is 6.80. The van der Waals surface area contributed by atoms with E-state index >= 15 is 0 Å². The summed E-state index contributed by atoms with van der Waals surface area (Å²) in [6.07, 6.45) is 30.7. The normalized spacial score (nSPS) is 22.0. The Balaban J connectivity index is 1.13. The average molecular weight is 670 g/mol. The Morgan fingerprint density at radius 1 is 0.692 bits per heavy atom. The fourth-order valence-corrected chi connectivity index (χ4v) is 9.39. The Morgan fingerprint density at radius 3 is 2.27 bits per heavy atom. The molecule has 0 bridgehead atoms. The van der Waals surface area contributed by atoms with Crippen LogP contribution in [0.25, 0.3) is 51.1 Å². The lowest BCUT2D eigenvalue weighted by Crippen LogP contribution is -2.35. The molecule has 5 aromatic rings. The third-order valence-corrected chi connectivity index (χ3v) is 12.0. The molecule has 0 N–H and O–H groups in total. The van der Waals surface area contributed by atoms with Crippen LogP contribution in [0.15, 0.2) is 161 Å². The van der Waals surface area contributed by atoms with Gasteiger partial charge in [-0.1, -0.05) is 133 Å². The monoisotopic (exact) mass is 669 g/mol. The summed E-state index contributed by atoms with van der Waals surface area (Å²) in [6.45, 7) is 0. The Bertz CT molecular complexity index is 2640. The fraction of sp³-hybridized carbons (Fsp3) is 0.160. The van der Waals surface area contributed by atoms with Gasteiger partial charge in [0.25, 0.3) is 0 Å². The predicted molar refractivity (Wildman–Crippen MR) is 216 cm³/mol. The second-order valence-corrected chi connectivity index (χ2v) is 15.0. The Labute approximate surface area is 304 Å². The zero-order valence-corrected chi connectivity index (χ0v) is 29.1. The van der Waals surface area contributed by atoms with Gasteiger partial charge in [-0.15, -0.1) is 0 Å². The lowest BCUT2D eigenvalue weighted by Gasteiger charge is -2.33. The molecular weight excluding hydrogens is 631 g/mol. The molecule has 6 aliphatic rings. The molecule has 1 heterocycles. The van der Waals surface area contributed by atoms with Crippen LogP contribution in [0, 0.1) is 11.8 Å². The zero-order valence-electron chi connectivity index (χ0n) is 29.1. The third kappa shape index (κ3) is 4.78. The van der Waals surface area contributed by atoms with Crippen molar-refractivity contribution in [1.29, 1.82) is 0 Å². The highest BCUT2D eigenvalue weighted by Crippen LogP contribution is 2.58. The summed E-state index contributed by atoms with van der Waals surface area (Å²) in [7, 11) is 0. The van der Waals surface area contributed by atoms with Crippen LogP contribution >= 0.6 is 0 Å². The molecular formula is C50H39NO. The summed E-state index contributed by atoms with van der Waals surface area (Å²) in [5.74, 6) is 1.24. The highest BCUT2D eigenvalue weighted by Gasteiger charge is 2.42.